The fourth-order valence-electron chi connectivity index (χ4n) is 1.78. The number of methoxy groups -OCH3 is 1. The molecule has 0 saturated heterocycles. The average molecular weight is 296 g/mol. The molecule has 0 atom stereocenters. The zero-order valence-electron chi connectivity index (χ0n) is 11.3. The number of carbonyl (C=O) groups is 1. The molecule has 0 fully saturated rings. The van der Waals surface area contributed by atoms with Crippen LogP contribution in [0.25, 0.3) is 10.1 Å². The Hall–Kier alpha value is -1.95. The van der Waals surface area contributed by atoms with Crippen LogP contribution in [0.4, 0.5) is 0 Å². The second kappa shape index (κ2) is 6.00. The summed E-state index contributed by atoms with van der Waals surface area (Å²) in [5, 5.41) is 20.3. The predicted octanol–water partition coefficient (Wildman–Crippen LogP) is 3.28. The van der Waals surface area contributed by atoms with Gasteiger partial charge in [0.2, 0.25) is 0 Å². The second-order valence-corrected chi connectivity index (χ2v) is 5.34. The summed E-state index contributed by atoms with van der Waals surface area (Å²) in [6.07, 6.45) is 1.71. The van der Waals surface area contributed by atoms with Crippen molar-refractivity contribution < 1.29 is 24.5 Å². The number of hydrogen-bond acceptors (Lipinski definition) is 6. The van der Waals surface area contributed by atoms with Crippen molar-refractivity contribution in [3.63, 3.8) is 0 Å². The van der Waals surface area contributed by atoms with Gasteiger partial charge in [0.1, 0.15) is 5.75 Å². The van der Waals surface area contributed by atoms with Gasteiger partial charge in [0.25, 0.3) is 0 Å². The molecular weight excluding hydrogens is 280 g/mol. The lowest BCUT2D eigenvalue weighted by atomic mass is 10.2. The summed E-state index contributed by atoms with van der Waals surface area (Å²) >= 11 is 1.08. The topological polar surface area (TPSA) is 76.0 Å². The van der Waals surface area contributed by atoms with Gasteiger partial charge in [-0.2, -0.15) is 0 Å². The quantitative estimate of drug-likeness (QED) is 0.654. The molecule has 0 unspecified atom stereocenters. The molecule has 0 aliphatic heterocycles. The van der Waals surface area contributed by atoms with Crippen molar-refractivity contribution in [1.82, 2.24) is 0 Å². The third-order valence-electron chi connectivity index (χ3n) is 2.88. The van der Waals surface area contributed by atoms with Gasteiger partial charge in [-0.1, -0.05) is 13.3 Å². The first-order valence-corrected chi connectivity index (χ1v) is 7.09. The zero-order chi connectivity index (χ0) is 14.7. The highest BCUT2D eigenvalue weighted by molar-refractivity contribution is 7.21. The van der Waals surface area contributed by atoms with Crippen LogP contribution in [0.3, 0.4) is 0 Å². The molecule has 0 bridgehead atoms. The molecule has 0 aliphatic carbocycles. The molecule has 0 aliphatic rings. The number of phenolic OH excluding ortho intramolecular Hbond substituents is 1. The molecule has 0 amide bonds. The molecule has 1 aromatic heterocycles. The SMILES string of the molecule is CCCCOC(=O)c1sc2cc(O)c(OC)cc2c1O. The summed E-state index contributed by atoms with van der Waals surface area (Å²) in [4.78, 5) is 12.0. The second-order valence-electron chi connectivity index (χ2n) is 4.29. The van der Waals surface area contributed by atoms with Crippen LogP contribution in [0.5, 0.6) is 17.2 Å². The number of aromatic hydroxyl groups is 2. The van der Waals surface area contributed by atoms with E-state index in [9.17, 15) is 15.0 Å². The summed E-state index contributed by atoms with van der Waals surface area (Å²) in [6, 6.07) is 2.96. The van der Waals surface area contributed by atoms with Crippen LogP contribution in [-0.4, -0.2) is 29.9 Å². The van der Waals surface area contributed by atoms with E-state index in [1.54, 1.807) is 0 Å². The molecule has 2 rings (SSSR count). The van der Waals surface area contributed by atoms with Crippen LogP contribution in [0.1, 0.15) is 29.4 Å². The summed E-state index contributed by atoms with van der Waals surface area (Å²) in [5.41, 5.74) is 0. The molecule has 108 valence electrons. The Labute approximate surface area is 120 Å². The van der Waals surface area contributed by atoms with Gasteiger partial charge in [-0.25, -0.2) is 4.79 Å². The van der Waals surface area contributed by atoms with Crippen LogP contribution < -0.4 is 4.74 Å². The van der Waals surface area contributed by atoms with E-state index in [-0.39, 0.29) is 22.1 Å². The lowest BCUT2D eigenvalue weighted by Gasteiger charge is -2.03. The Bertz CT molecular complexity index is 632. The Kier molecular flexibility index (Phi) is 4.34. The summed E-state index contributed by atoms with van der Waals surface area (Å²) in [6.45, 7) is 2.33. The fourth-order valence-corrected chi connectivity index (χ4v) is 2.78. The van der Waals surface area contributed by atoms with Crippen molar-refractivity contribution in [1.29, 1.82) is 0 Å². The fraction of sp³-hybridized carbons (Fsp3) is 0.357. The molecule has 1 aromatic carbocycles. The first-order chi connectivity index (χ1) is 9.58. The van der Waals surface area contributed by atoms with Gasteiger partial charge in [0.15, 0.2) is 16.4 Å². The maximum Gasteiger partial charge on any atom is 0.352 e. The lowest BCUT2D eigenvalue weighted by molar-refractivity contribution is 0.0503. The van der Waals surface area contributed by atoms with Crippen LogP contribution in [0, 0.1) is 0 Å². The standard InChI is InChI=1S/C14H16O5S/c1-3-4-5-19-14(17)13-12(16)8-6-10(18-2)9(15)7-11(8)20-13/h6-7,15-16H,3-5H2,1-2H3. The molecule has 2 aromatic rings. The van der Waals surface area contributed by atoms with Gasteiger partial charge >= 0.3 is 5.97 Å². The monoisotopic (exact) mass is 296 g/mol. The Morgan fingerprint density at radius 1 is 1.35 bits per heavy atom. The number of carbonyl (C=O) groups excluding carboxylic acids is 1. The Balaban J connectivity index is 2.36. The minimum atomic E-state index is -0.546. The van der Waals surface area contributed by atoms with Gasteiger partial charge in [0, 0.05) is 16.2 Å². The van der Waals surface area contributed by atoms with Crippen molar-refractivity contribution in [3.05, 3.63) is 17.0 Å². The predicted molar refractivity (Wildman–Crippen MR) is 76.9 cm³/mol. The number of benzene rings is 1. The number of hydrogen-bond donors (Lipinski definition) is 2. The summed E-state index contributed by atoms with van der Waals surface area (Å²) in [7, 11) is 1.42. The smallest absolute Gasteiger partial charge is 0.352 e. The third-order valence-corrected chi connectivity index (χ3v) is 4.00. The highest BCUT2D eigenvalue weighted by Gasteiger charge is 2.20. The highest BCUT2D eigenvalue weighted by atomic mass is 32.1. The molecule has 20 heavy (non-hydrogen) atoms. The van der Waals surface area contributed by atoms with Crippen molar-refractivity contribution in [2.45, 2.75) is 19.8 Å². The molecule has 2 N–H and O–H groups in total. The van der Waals surface area contributed by atoms with Crippen LogP contribution in [-0.2, 0) is 4.74 Å². The number of ether oxygens (including phenoxy) is 2. The largest absolute Gasteiger partial charge is 0.505 e. The van der Waals surface area contributed by atoms with Crippen molar-refractivity contribution in [3.8, 4) is 17.2 Å². The summed E-state index contributed by atoms with van der Waals surface area (Å²) < 4.78 is 10.7. The van der Waals surface area contributed by atoms with Crippen molar-refractivity contribution in [2.75, 3.05) is 13.7 Å². The van der Waals surface area contributed by atoms with E-state index in [2.05, 4.69) is 0 Å². The number of thiophene rings is 1. The Morgan fingerprint density at radius 3 is 2.75 bits per heavy atom. The van der Waals surface area contributed by atoms with Crippen molar-refractivity contribution >= 4 is 27.4 Å². The number of phenols is 1. The lowest BCUT2D eigenvalue weighted by Crippen LogP contribution is -2.04. The van der Waals surface area contributed by atoms with E-state index in [4.69, 9.17) is 9.47 Å². The number of unbranched alkanes of at least 4 members (excludes halogenated alkanes) is 1. The number of esters is 1. The van der Waals surface area contributed by atoms with Crippen LogP contribution in [0.15, 0.2) is 12.1 Å². The van der Waals surface area contributed by atoms with E-state index < -0.39 is 5.97 Å². The molecule has 0 spiro atoms. The van der Waals surface area contributed by atoms with Gasteiger partial charge in [-0.05, 0) is 12.5 Å². The van der Waals surface area contributed by atoms with Crippen LogP contribution in [0.2, 0.25) is 0 Å². The van der Waals surface area contributed by atoms with Gasteiger partial charge in [-0.15, -0.1) is 11.3 Å². The number of fused-ring (bicyclic) bond motifs is 1. The van der Waals surface area contributed by atoms with E-state index in [1.807, 2.05) is 6.92 Å². The third kappa shape index (κ3) is 2.65. The van der Waals surface area contributed by atoms with E-state index in [1.165, 1.54) is 19.2 Å². The van der Waals surface area contributed by atoms with Gasteiger partial charge in [0.05, 0.1) is 13.7 Å². The Morgan fingerprint density at radius 2 is 2.10 bits per heavy atom. The highest BCUT2D eigenvalue weighted by Crippen LogP contribution is 2.42. The van der Waals surface area contributed by atoms with E-state index in [0.29, 0.717) is 16.7 Å². The molecule has 6 heteroatoms. The van der Waals surface area contributed by atoms with E-state index >= 15 is 0 Å². The molecule has 5 nitrogen and oxygen atoms in total. The van der Waals surface area contributed by atoms with Gasteiger partial charge < -0.3 is 19.7 Å². The summed E-state index contributed by atoms with van der Waals surface area (Å²) in [5.74, 6) is -0.468. The average Bonchev–Trinajstić information content (AvgIpc) is 2.74. The van der Waals surface area contributed by atoms with Gasteiger partial charge in [-0.3, -0.25) is 0 Å². The van der Waals surface area contributed by atoms with Crippen molar-refractivity contribution in [2.24, 2.45) is 0 Å². The zero-order valence-corrected chi connectivity index (χ0v) is 12.1. The minimum absolute atomic E-state index is 0.0350. The van der Waals surface area contributed by atoms with E-state index in [0.717, 1.165) is 24.2 Å². The van der Waals surface area contributed by atoms with Crippen LogP contribution >= 0.6 is 11.3 Å². The molecule has 1 heterocycles. The minimum Gasteiger partial charge on any atom is -0.505 e. The molecule has 0 saturated carbocycles. The first kappa shape index (κ1) is 14.5. The maximum atomic E-state index is 11.9. The molecular formula is C14H16O5S. The normalized spacial score (nSPS) is 10.7. The first-order valence-electron chi connectivity index (χ1n) is 6.28. The maximum absolute atomic E-state index is 11.9. The number of rotatable bonds is 5. The molecule has 0 radical (unpaired) electrons.